The molecule has 2 aliphatic rings. The molecule has 3 amide bonds. The largest absolute Gasteiger partial charge is 0.356 e. The minimum absolute atomic E-state index is 0.0973. The fourth-order valence-electron chi connectivity index (χ4n) is 4.01. The van der Waals surface area contributed by atoms with Crippen LogP contribution in [0.5, 0.6) is 0 Å². The molecule has 1 aliphatic carbocycles. The molecule has 0 bridgehead atoms. The molecule has 1 saturated heterocycles. The summed E-state index contributed by atoms with van der Waals surface area (Å²) in [5, 5.41) is 19.2. The van der Waals surface area contributed by atoms with E-state index < -0.39 is 23.9 Å². The van der Waals surface area contributed by atoms with Gasteiger partial charge in [0.05, 0.1) is 11.1 Å². The lowest BCUT2D eigenvalue weighted by atomic mass is 9.98. The van der Waals surface area contributed by atoms with E-state index in [-0.39, 0.29) is 23.9 Å². The molecule has 1 aliphatic heterocycles. The summed E-state index contributed by atoms with van der Waals surface area (Å²) in [5.74, 6) is -0.896. The average Bonchev–Trinajstić information content (AvgIpc) is 3.31. The molecule has 1 aromatic carbocycles. The zero-order chi connectivity index (χ0) is 22.8. The Morgan fingerprint density at radius 2 is 1.94 bits per heavy atom. The van der Waals surface area contributed by atoms with Crippen LogP contribution in [0.2, 0.25) is 10.0 Å². The molecule has 0 radical (unpaired) electrons. The van der Waals surface area contributed by atoms with Gasteiger partial charge in [-0.25, -0.2) is 0 Å². The first-order valence-corrected chi connectivity index (χ1v) is 11.4. The van der Waals surface area contributed by atoms with Gasteiger partial charge in [0.1, 0.15) is 17.8 Å². The van der Waals surface area contributed by atoms with Crippen LogP contribution in [0.1, 0.15) is 42.6 Å². The molecule has 4 N–H and O–H groups in total. The maximum Gasteiger partial charge on any atom is 0.268 e. The molecule has 3 atom stereocenters. The summed E-state index contributed by atoms with van der Waals surface area (Å²) in [7, 11) is 0. The van der Waals surface area contributed by atoms with Crippen LogP contribution >= 0.6 is 23.2 Å². The number of hydrogen-bond donors (Lipinski definition) is 4. The maximum atomic E-state index is 12.9. The van der Waals surface area contributed by atoms with E-state index in [0.717, 1.165) is 12.8 Å². The van der Waals surface area contributed by atoms with Crippen LogP contribution in [0.25, 0.3) is 10.9 Å². The monoisotopic (exact) mass is 475 g/mol. The minimum Gasteiger partial charge on any atom is -0.356 e. The van der Waals surface area contributed by atoms with Gasteiger partial charge in [-0.2, -0.15) is 5.26 Å². The van der Waals surface area contributed by atoms with Gasteiger partial charge in [0.25, 0.3) is 5.91 Å². The number of benzene rings is 1. The lowest BCUT2D eigenvalue weighted by Gasteiger charge is -2.21. The second kappa shape index (κ2) is 9.39. The van der Waals surface area contributed by atoms with Crippen LogP contribution in [0.15, 0.2) is 18.2 Å². The first-order valence-electron chi connectivity index (χ1n) is 10.6. The second-order valence-corrected chi connectivity index (χ2v) is 9.28. The summed E-state index contributed by atoms with van der Waals surface area (Å²) in [6, 6.07) is 5.36. The Hall–Kier alpha value is -2.76. The van der Waals surface area contributed by atoms with E-state index in [1.807, 2.05) is 0 Å². The Labute approximate surface area is 195 Å². The van der Waals surface area contributed by atoms with Crippen molar-refractivity contribution in [2.75, 3.05) is 6.54 Å². The summed E-state index contributed by atoms with van der Waals surface area (Å²) in [6.07, 6.45) is 3.39. The number of aromatic amines is 1. The molecule has 1 aromatic heterocycles. The van der Waals surface area contributed by atoms with E-state index in [1.165, 1.54) is 0 Å². The van der Waals surface area contributed by atoms with Crippen LogP contribution in [0.4, 0.5) is 0 Å². The van der Waals surface area contributed by atoms with Crippen molar-refractivity contribution >= 4 is 51.8 Å². The van der Waals surface area contributed by atoms with E-state index in [4.69, 9.17) is 23.2 Å². The average molecular weight is 476 g/mol. The number of nitriles is 1. The lowest BCUT2D eigenvalue weighted by molar-refractivity contribution is -0.125. The second-order valence-electron chi connectivity index (χ2n) is 8.44. The third-order valence-corrected chi connectivity index (χ3v) is 6.47. The smallest absolute Gasteiger partial charge is 0.268 e. The van der Waals surface area contributed by atoms with Gasteiger partial charge in [0.15, 0.2) is 0 Å². The number of nitrogens with zero attached hydrogens (tertiary/aromatic N) is 1. The fourth-order valence-corrected chi connectivity index (χ4v) is 4.56. The predicted octanol–water partition coefficient (Wildman–Crippen LogP) is 2.91. The number of carbonyl (C=O) groups excluding carboxylic acids is 3. The first-order chi connectivity index (χ1) is 15.3. The number of rotatable bonds is 8. The van der Waals surface area contributed by atoms with Crippen molar-refractivity contribution in [1.82, 2.24) is 20.9 Å². The number of hydrogen-bond acceptors (Lipinski definition) is 4. The summed E-state index contributed by atoms with van der Waals surface area (Å²) in [5.41, 5.74) is 0.882. The Morgan fingerprint density at radius 3 is 2.59 bits per heavy atom. The Kier molecular flexibility index (Phi) is 6.58. The number of aromatic nitrogens is 1. The van der Waals surface area contributed by atoms with Crippen molar-refractivity contribution in [3.63, 3.8) is 0 Å². The maximum absolute atomic E-state index is 12.9. The van der Waals surface area contributed by atoms with Crippen LogP contribution in [-0.2, 0) is 9.59 Å². The summed E-state index contributed by atoms with van der Waals surface area (Å²) >= 11 is 12.2. The highest BCUT2D eigenvalue weighted by atomic mass is 35.5. The summed E-state index contributed by atoms with van der Waals surface area (Å²) in [4.78, 5) is 40.6. The topological polar surface area (TPSA) is 127 Å². The Bertz CT molecular complexity index is 1100. The van der Waals surface area contributed by atoms with Crippen molar-refractivity contribution in [1.29, 1.82) is 5.26 Å². The van der Waals surface area contributed by atoms with Gasteiger partial charge in [-0.1, -0.05) is 36.0 Å². The Balaban J connectivity index is 1.45. The fraction of sp³-hybridized carbons (Fsp3) is 0.455. The van der Waals surface area contributed by atoms with Crippen molar-refractivity contribution in [3.8, 4) is 6.07 Å². The van der Waals surface area contributed by atoms with E-state index >= 15 is 0 Å². The normalized spacial score (nSPS) is 19.8. The molecular formula is C22H23Cl2N5O3. The molecule has 10 heteroatoms. The van der Waals surface area contributed by atoms with E-state index in [9.17, 15) is 19.6 Å². The third kappa shape index (κ3) is 5.17. The minimum atomic E-state index is -0.802. The molecule has 8 nitrogen and oxygen atoms in total. The molecule has 32 heavy (non-hydrogen) atoms. The number of carbonyl (C=O) groups is 3. The quantitative estimate of drug-likeness (QED) is 0.467. The SMILES string of the molecule is N#CC(CC1CCNC1=O)NC(=O)C(CC1CC1)NC(=O)c1cc2c(Cl)cc(Cl)cc2[nH]1. The highest BCUT2D eigenvalue weighted by Crippen LogP contribution is 2.34. The zero-order valence-corrected chi connectivity index (χ0v) is 18.7. The van der Waals surface area contributed by atoms with Crippen molar-refractivity contribution in [3.05, 3.63) is 33.9 Å². The number of amides is 3. The number of fused-ring (bicyclic) bond motifs is 1. The molecule has 3 unspecified atom stereocenters. The van der Waals surface area contributed by atoms with E-state index in [1.54, 1.807) is 18.2 Å². The van der Waals surface area contributed by atoms with Crippen molar-refractivity contribution in [2.24, 2.45) is 11.8 Å². The first kappa shape index (κ1) is 22.4. The van der Waals surface area contributed by atoms with E-state index in [2.05, 4.69) is 27.0 Å². The molecule has 4 rings (SSSR count). The van der Waals surface area contributed by atoms with E-state index in [0.29, 0.717) is 46.3 Å². The van der Waals surface area contributed by atoms with Gasteiger partial charge in [0, 0.05) is 28.4 Å². The van der Waals surface area contributed by atoms with Gasteiger partial charge in [0.2, 0.25) is 11.8 Å². The van der Waals surface area contributed by atoms with Crippen LogP contribution < -0.4 is 16.0 Å². The number of nitrogens with one attached hydrogen (secondary N) is 4. The summed E-state index contributed by atoms with van der Waals surface area (Å²) < 4.78 is 0. The van der Waals surface area contributed by atoms with Crippen LogP contribution in [0, 0.1) is 23.2 Å². The molecule has 168 valence electrons. The predicted molar refractivity (Wildman–Crippen MR) is 120 cm³/mol. The zero-order valence-electron chi connectivity index (χ0n) is 17.2. The van der Waals surface area contributed by atoms with Crippen molar-refractivity contribution < 1.29 is 14.4 Å². The molecule has 2 fully saturated rings. The molecule has 2 heterocycles. The van der Waals surface area contributed by atoms with Gasteiger partial charge < -0.3 is 20.9 Å². The van der Waals surface area contributed by atoms with Crippen LogP contribution in [0.3, 0.4) is 0 Å². The molecule has 1 saturated carbocycles. The number of halogens is 2. The summed E-state index contributed by atoms with van der Waals surface area (Å²) in [6.45, 7) is 0.579. The highest BCUT2D eigenvalue weighted by molar-refractivity contribution is 6.38. The third-order valence-electron chi connectivity index (χ3n) is 5.94. The number of H-pyrrole nitrogens is 1. The van der Waals surface area contributed by atoms with Crippen LogP contribution in [-0.4, -0.2) is 41.3 Å². The molecular weight excluding hydrogens is 453 g/mol. The molecule has 0 spiro atoms. The Morgan fingerprint density at radius 1 is 1.16 bits per heavy atom. The van der Waals surface area contributed by atoms with Gasteiger partial charge in [-0.05, 0) is 43.4 Å². The van der Waals surface area contributed by atoms with Crippen molar-refractivity contribution in [2.45, 2.75) is 44.2 Å². The van der Waals surface area contributed by atoms with Gasteiger partial charge >= 0.3 is 0 Å². The standard InChI is InChI=1S/C22H23Cl2N5O3/c23-13-7-16(24)15-9-19(28-17(15)8-13)22(32)29-18(5-11-1-2-11)21(31)27-14(10-25)6-12-3-4-26-20(12)30/h7-9,11-12,14,18,28H,1-6H2,(H,26,30)(H,27,31)(H,29,32). The molecule has 2 aromatic rings. The van der Waals surface area contributed by atoms with Gasteiger partial charge in [-0.15, -0.1) is 0 Å². The lowest BCUT2D eigenvalue weighted by Crippen LogP contribution is -2.50. The highest BCUT2D eigenvalue weighted by Gasteiger charge is 2.33. The van der Waals surface area contributed by atoms with Gasteiger partial charge in [-0.3, -0.25) is 14.4 Å².